The Balaban J connectivity index is 2.20. The minimum atomic E-state index is -3.31. The van der Waals surface area contributed by atoms with Gasteiger partial charge in [0.1, 0.15) is 0 Å². The van der Waals surface area contributed by atoms with Gasteiger partial charge in [-0.05, 0) is 0 Å². The molecular weight excluding hydrogens is 500 g/mol. The van der Waals surface area contributed by atoms with Gasteiger partial charge in [0.05, 0.1) is 0 Å². The van der Waals surface area contributed by atoms with Crippen molar-refractivity contribution in [3.8, 4) is 0 Å². The van der Waals surface area contributed by atoms with E-state index in [2.05, 4.69) is 34.6 Å². The first kappa shape index (κ1) is 23.1. The first-order chi connectivity index (χ1) is 14.3. The molecule has 3 nitrogen and oxygen atoms in total. The maximum atomic E-state index is 13.5. The van der Waals surface area contributed by atoms with Gasteiger partial charge >= 0.3 is 189 Å². The summed E-state index contributed by atoms with van der Waals surface area (Å²) >= 11 is -3.31. The van der Waals surface area contributed by atoms with Crippen molar-refractivity contribution in [3.05, 3.63) is 70.8 Å². The van der Waals surface area contributed by atoms with Gasteiger partial charge in [0.2, 0.25) is 0 Å². The number of hydrogen-bond donors (Lipinski definition) is 0. The number of Topliss-reactive ketones (excluding diaryl/α,β-unsaturated/α-hetero) is 1. The van der Waals surface area contributed by atoms with Crippen LogP contribution >= 0.6 is 8.92 Å². The Morgan fingerprint density at radius 3 is 2.20 bits per heavy atom. The van der Waals surface area contributed by atoms with Crippen LogP contribution in [0.4, 0.5) is 5.69 Å². The normalized spacial score (nSPS) is 14.5. The molecule has 1 aliphatic carbocycles. The van der Waals surface area contributed by atoms with E-state index in [0.29, 0.717) is 29.2 Å². The molecule has 5 heteroatoms. The molecule has 0 amide bonds. The van der Waals surface area contributed by atoms with Crippen molar-refractivity contribution in [2.24, 2.45) is 10.9 Å². The Hall–Kier alpha value is -1.59. The van der Waals surface area contributed by atoms with E-state index in [1.165, 1.54) is 5.56 Å². The molecule has 2 aromatic rings. The zero-order chi connectivity index (χ0) is 21.9. The summed E-state index contributed by atoms with van der Waals surface area (Å²) in [6.07, 6.45) is 0.693. The van der Waals surface area contributed by atoms with Crippen LogP contribution in [0.25, 0.3) is 5.76 Å². The fraction of sp³-hybridized carbons (Fsp3) is 0.360. The van der Waals surface area contributed by atoms with Crippen molar-refractivity contribution in [1.29, 1.82) is 0 Å². The number of aryl methyl sites for hydroxylation is 1. The molecule has 0 aromatic heterocycles. The van der Waals surface area contributed by atoms with E-state index in [1.807, 2.05) is 48.5 Å². The summed E-state index contributed by atoms with van der Waals surface area (Å²) in [5.41, 5.74) is 4.93. The number of halogens is 1. The number of fused-ring (bicyclic) bond motifs is 1. The third kappa shape index (κ3) is 5.00. The molecule has 2 aromatic carbocycles. The molecule has 0 aliphatic heterocycles. The van der Waals surface area contributed by atoms with Gasteiger partial charge in [-0.25, -0.2) is 0 Å². The molecule has 1 aliphatic rings. The second kappa shape index (κ2) is 9.69. The molecule has 0 atom stereocenters. The Labute approximate surface area is 188 Å². The van der Waals surface area contributed by atoms with E-state index in [1.54, 1.807) is 0 Å². The first-order valence-corrected chi connectivity index (χ1v) is 19.5. The van der Waals surface area contributed by atoms with Crippen LogP contribution in [0.15, 0.2) is 59.1 Å². The van der Waals surface area contributed by atoms with Gasteiger partial charge in [-0.2, -0.15) is 0 Å². The summed E-state index contributed by atoms with van der Waals surface area (Å²) < 4.78 is 8.26. The zero-order valence-electron chi connectivity index (χ0n) is 18.5. The topological polar surface area (TPSA) is 38.7 Å². The van der Waals surface area contributed by atoms with Crippen LogP contribution in [0.1, 0.15) is 55.6 Å². The average molecular weight is 531 g/mol. The van der Waals surface area contributed by atoms with E-state index in [0.717, 1.165) is 25.8 Å². The Kier molecular flexibility index (Phi) is 7.46. The summed E-state index contributed by atoms with van der Waals surface area (Å²) in [7, 11) is 6.96. The van der Waals surface area contributed by atoms with Gasteiger partial charge in [-0.3, -0.25) is 0 Å². The van der Waals surface area contributed by atoms with Crippen molar-refractivity contribution in [2.75, 3.05) is 0 Å². The van der Waals surface area contributed by atoms with Crippen LogP contribution < -0.4 is 0 Å². The second-order valence-corrected chi connectivity index (χ2v) is 22.5. The first-order valence-electron chi connectivity index (χ1n) is 10.7. The number of rotatable bonds is 8. The molecule has 0 radical (unpaired) electrons. The van der Waals surface area contributed by atoms with Gasteiger partial charge in [-0.15, -0.1) is 0 Å². The molecule has 0 unspecified atom stereocenters. The van der Waals surface area contributed by atoms with E-state index in [-0.39, 0.29) is 5.78 Å². The monoisotopic (exact) mass is 531 g/mol. The van der Waals surface area contributed by atoms with E-state index < -0.39 is 17.7 Å². The predicted octanol–water partition coefficient (Wildman–Crippen LogP) is 7.46. The standard InChI is InChI=1S/C21H21NO2.2C2H5.ClH.Sn/c1-13(2)12-18(22-15-10-8-14(3)9-11-15)19-20(23)16-6-4-5-7-17(16)21(19)24;2*1-2;;/h4-11,13,23H,12H2,1-3H3;2*1H2,2H3;1H;/q;;;;+2/p-2. The van der Waals surface area contributed by atoms with Crippen molar-refractivity contribution in [3.63, 3.8) is 0 Å². The fourth-order valence-electron chi connectivity index (χ4n) is 3.56. The van der Waals surface area contributed by atoms with Crippen LogP contribution in [0.5, 0.6) is 0 Å². The molecule has 0 fully saturated rings. The third-order valence-corrected chi connectivity index (χ3v) is 17.2. The second-order valence-electron chi connectivity index (χ2n) is 8.26. The van der Waals surface area contributed by atoms with Crippen molar-refractivity contribution in [1.82, 2.24) is 0 Å². The number of aliphatic imine (C=N–C) groups is 1. The van der Waals surface area contributed by atoms with Gasteiger partial charge in [0.25, 0.3) is 0 Å². The quantitative estimate of drug-likeness (QED) is 0.262. The fourth-order valence-corrected chi connectivity index (χ4v) is 7.98. The number of allylic oxidation sites excluding steroid dienone is 1. The molecule has 0 spiro atoms. The molecule has 0 bridgehead atoms. The Bertz CT molecular complexity index is 988. The zero-order valence-corrected chi connectivity index (χ0v) is 22.1. The average Bonchev–Trinajstić information content (AvgIpc) is 3.00. The number of ketones is 1. The number of carbonyl (C=O) groups is 1. The molecular formula is C25H30ClNO2Sn. The summed E-state index contributed by atoms with van der Waals surface area (Å²) in [4.78, 5) is 18.4. The summed E-state index contributed by atoms with van der Waals surface area (Å²) in [5.74, 6) is 0.988. The van der Waals surface area contributed by atoms with Gasteiger partial charge in [0.15, 0.2) is 0 Å². The van der Waals surface area contributed by atoms with Crippen LogP contribution in [-0.2, 0) is 3.07 Å². The maximum absolute atomic E-state index is 13.5. The number of hydrogen-bond acceptors (Lipinski definition) is 3. The minimum absolute atomic E-state index is 0.00961. The molecule has 158 valence electrons. The molecule has 0 N–H and O–H groups in total. The van der Waals surface area contributed by atoms with Crippen LogP contribution in [-0.4, -0.2) is 29.2 Å². The van der Waals surface area contributed by atoms with Gasteiger partial charge in [0, 0.05) is 0 Å². The van der Waals surface area contributed by atoms with Crippen LogP contribution in [0.3, 0.4) is 0 Å². The molecule has 0 saturated heterocycles. The summed E-state index contributed by atoms with van der Waals surface area (Å²) in [5, 5.41) is 0. The van der Waals surface area contributed by atoms with Crippen molar-refractivity contribution in [2.45, 2.75) is 49.9 Å². The molecule has 3 rings (SSSR count). The number of benzene rings is 2. The van der Waals surface area contributed by atoms with Crippen LogP contribution in [0, 0.1) is 12.8 Å². The number of carbonyl (C=O) groups excluding carboxylic acids is 1. The van der Waals surface area contributed by atoms with Gasteiger partial charge < -0.3 is 0 Å². The summed E-state index contributed by atoms with van der Waals surface area (Å²) in [6.45, 7) is 10.5. The molecule has 0 saturated carbocycles. The van der Waals surface area contributed by atoms with E-state index in [4.69, 9.17) is 17.0 Å². The molecule has 30 heavy (non-hydrogen) atoms. The molecule has 0 heterocycles. The van der Waals surface area contributed by atoms with E-state index in [9.17, 15) is 4.79 Å². The van der Waals surface area contributed by atoms with Crippen LogP contribution in [0.2, 0.25) is 8.87 Å². The Morgan fingerprint density at radius 1 is 1.03 bits per heavy atom. The van der Waals surface area contributed by atoms with Crippen molar-refractivity contribution >= 4 is 49.5 Å². The van der Waals surface area contributed by atoms with Crippen molar-refractivity contribution < 1.29 is 7.87 Å². The summed E-state index contributed by atoms with van der Waals surface area (Å²) in [6, 6.07) is 15.7. The third-order valence-electron chi connectivity index (χ3n) is 5.40. The van der Waals surface area contributed by atoms with Gasteiger partial charge in [-0.1, -0.05) is 0 Å². The van der Waals surface area contributed by atoms with E-state index >= 15 is 0 Å². The number of nitrogens with zero attached hydrogens (tertiary/aromatic N) is 1. The predicted molar refractivity (Wildman–Crippen MR) is 129 cm³/mol. The Morgan fingerprint density at radius 2 is 1.63 bits per heavy atom. The SMILES string of the molecule is C[CH2][Sn]([Cl])([CH2]C)[O]C1=C(C(CC(C)C)=Nc2ccc(C)cc2)C(=O)c2ccccc21.